The fourth-order valence-corrected chi connectivity index (χ4v) is 3.28. The first-order chi connectivity index (χ1) is 15.6. The van der Waals surface area contributed by atoms with Crippen molar-refractivity contribution in [3.05, 3.63) is 67.4 Å². The number of nitrogens with one attached hydrogen (secondary N) is 1. The topological polar surface area (TPSA) is 119 Å². The molecule has 0 unspecified atom stereocenters. The van der Waals surface area contributed by atoms with Crippen LogP contribution < -0.4 is 10.1 Å². The van der Waals surface area contributed by atoms with Crippen LogP contribution in [0.2, 0.25) is 0 Å². The van der Waals surface area contributed by atoms with E-state index in [0.717, 1.165) is 17.2 Å². The highest BCUT2D eigenvalue weighted by Crippen LogP contribution is 2.33. The van der Waals surface area contributed by atoms with Crippen LogP contribution in [0.4, 0.5) is 5.82 Å². The van der Waals surface area contributed by atoms with E-state index in [4.69, 9.17) is 9.47 Å². The van der Waals surface area contributed by atoms with Gasteiger partial charge >= 0.3 is 0 Å². The van der Waals surface area contributed by atoms with Crippen LogP contribution in [0.15, 0.2) is 61.8 Å². The fraction of sp³-hybridized carbons (Fsp3) is 0.136. The quantitative estimate of drug-likeness (QED) is 0.470. The monoisotopic (exact) mass is 427 g/mol. The van der Waals surface area contributed by atoms with E-state index in [1.165, 1.54) is 12.4 Å². The molecule has 1 saturated heterocycles. The Balaban J connectivity index is 1.50. The van der Waals surface area contributed by atoms with Crippen molar-refractivity contribution in [2.24, 2.45) is 0 Å². The molecule has 1 aliphatic rings. The number of pyridine rings is 2. The number of carbonyl (C=O) groups is 1. The first kappa shape index (κ1) is 19.5. The van der Waals surface area contributed by atoms with Crippen molar-refractivity contribution >= 4 is 17.2 Å². The summed E-state index contributed by atoms with van der Waals surface area (Å²) in [5.41, 5.74) is 2.64. The molecule has 1 fully saturated rings. The second-order valence-electron chi connectivity index (χ2n) is 7.13. The van der Waals surface area contributed by atoms with Crippen molar-refractivity contribution in [2.75, 3.05) is 18.5 Å². The average Bonchev–Trinajstić information content (AvgIpc) is 3.41. The molecular formula is C22H17N7O3. The Morgan fingerprint density at radius 2 is 2.12 bits per heavy atom. The van der Waals surface area contributed by atoms with Crippen molar-refractivity contribution in [1.82, 2.24) is 24.4 Å². The first-order valence-corrected chi connectivity index (χ1v) is 9.75. The minimum absolute atomic E-state index is 0.240. The lowest BCUT2D eigenvalue weighted by atomic mass is 10.1. The molecule has 0 aromatic carbocycles. The molecule has 0 radical (unpaired) electrons. The summed E-state index contributed by atoms with van der Waals surface area (Å²) in [6.45, 7) is 4.71. The van der Waals surface area contributed by atoms with Gasteiger partial charge in [-0.1, -0.05) is 6.58 Å². The van der Waals surface area contributed by atoms with Gasteiger partial charge in [-0.25, -0.2) is 9.50 Å². The molecule has 0 atom stereocenters. The van der Waals surface area contributed by atoms with Gasteiger partial charge in [0.15, 0.2) is 5.75 Å². The average molecular weight is 427 g/mol. The molecule has 5 heterocycles. The second kappa shape index (κ2) is 7.98. The van der Waals surface area contributed by atoms with E-state index in [1.807, 2.05) is 23.1 Å². The summed E-state index contributed by atoms with van der Waals surface area (Å²) in [7, 11) is 0. The molecule has 10 nitrogen and oxygen atoms in total. The molecule has 1 amide bonds. The zero-order valence-electron chi connectivity index (χ0n) is 16.8. The van der Waals surface area contributed by atoms with Crippen LogP contribution in [-0.2, 0) is 9.53 Å². The maximum atomic E-state index is 11.4. The molecule has 0 saturated carbocycles. The number of nitrogens with zero attached hydrogens (tertiary/aromatic N) is 6. The van der Waals surface area contributed by atoms with Gasteiger partial charge in [0.2, 0.25) is 5.91 Å². The number of ether oxygens (including phenoxy) is 2. The largest absolute Gasteiger partial charge is 0.453 e. The molecule has 1 N–H and O–H groups in total. The molecule has 32 heavy (non-hydrogen) atoms. The molecular weight excluding hydrogens is 410 g/mol. The third-order valence-electron chi connectivity index (χ3n) is 5.03. The van der Waals surface area contributed by atoms with E-state index in [1.54, 1.807) is 22.8 Å². The van der Waals surface area contributed by atoms with Gasteiger partial charge in [-0.2, -0.15) is 15.5 Å². The van der Waals surface area contributed by atoms with E-state index < -0.39 is 0 Å². The van der Waals surface area contributed by atoms with Gasteiger partial charge in [-0.05, 0) is 24.3 Å². The molecule has 158 valence electrons. The van der Waals surface area contributed by atoms with Crippen LogP contribution in [-0.4, -0.2) is 43.5 Å². The minimum atomic E-state index is -0.354. The number of amides is 1. The van der Waals surface area contributed by atoms with Gasteiger partial charge in [0.1, 0.15) is 28.7 Å². The number of fused-ring (bicyclic) bond motifs is 1. The lowest BCUT2D eigenvalue weighted by Crippen LogP contribution is -2.30. The van der Waals surface area contributed by atoms with Gasteiger partial charge in [-0.3, -0.25) is 9.48 Å². The number of hydrogen-bond acceptors (Lipinski definition) is 7. The van der Waals surface area contributed by atoms with E-state index in [9.17, 15) is 10.1 Å². The fourth-order valence-electron chi connectivity index (χ4n) is 3.28. The van der Waals surface area contributed by atoms with Crippen LogP contribution in [0.25, 0.3) is 16.6 Å². The Kier molecular flexibility index (Phi) is 4.85. The SMILES string of the molecule is C=CC(=O)Nc1ccc(Oc2cc(-c3cnn(C4COC4)c3)cn3ncc(C#N)c23)cn1. The summed E-state index contributed by atoms with van der Waals surface area (Å²) < 4.78 is 14.8. The van der Waals surface area contributed by atoms with Crippen molar-refractivity contribution < 1.29 is 14.3 Å². The van der Waals surface area contributed by atoms with Crippen LogP contribution in [0.5, 0.6) is 11.5 Å². The molecule has 0 aliphatic carbocycles. The first-order valence-electron chi connectivity index (χ1n) is 9.75. The Bertz CT molecular complexity index is 1360. The number of carbonyl (C=O) groups excluding carboxylic acids is 1. The third-order valence-corrected chi connectivity index (χ3v) is 5.03. The number of anilines is 1. The molecule has 5 rings (SSSR count). The highest BCUT2D eigenvalue weighted by molar-refractivity contribution is 5.98. The zero-order chi connectivity index (χ0) is 22.1. The summed E-state index contributed by atoms with van der Waals surface area (Å²) in [5, 5.41) is 20.8. The lowest BCUT2D eigenvalue weighted by molar-refractivity contribution is -0.111. The van der Waals surface area contributed by atoms with Crippen LogP contribution >= 0.6 is 0 Å². The van der Waals surface area contributed by atoms with Crippen molar-refractivity contribution in [3.63, 3.8) is 0 Å². The van der Waals surface area contributed by atoms with Crippen molar-refractivity contribution in [1.29, 1.82) is 5.26 Å². The Labute approximate surface area is 182 Å². The van der Waals surface area contributed by atoms with Crippen molar-refractivity contribution in [3.8, 4) is 28.7 Å². The molecule has 0 spiro atoms. The number of nitriles is 1. The molecule has 0 bridgehead atoms. The minimum Gasteiger partial charge on any atom is -0.453 e. The van der Waals surface area contributed by atoms with Gasteiger partial charge in [-0.15, -0.1) is 0 Å². The number of rotatable bonds is 6. The van der Waals surface area contributed by atoms with Crippen LogP contribution in [0.1, 0.15) is 11.6 Å². The van der Waals surface area contributed by atoms with E-state index in [-0.39, 0.29) is 11.9 Å². The highest BCUT2D eigenvalue weighted by atomic mass is 16.5. The molecule has 4 aromatic rings. The lowest BCUT2D eigenvalue weighted by Gasteiger charge is -2.25. The van der Waals surface area contributed by atoms with E-state index >= 15 is 0 Å². The van der Waals surface area contributed by atoms with E-state index in [2.05, 4.69) is 33.1 Å². The Morgan fingerprint density at radius 3 is 2.81 bits per heavy atom. The smallest absolute Gasteiger partial charge is 0.248 e. The molecule has 1 aliphatic heterocycles. The molecule has 4 aromatic heterocycles. The summed E-state index contributed by atoms with van der Waals surface area (Å²) >= 11 is 0. The van der Waals surface area contributed by atoms with Gasteiger partial charge in [0, 0.05) is 23.5 Å². The van der Waals surface area contributed by atoms with Crippen molar-refractivity contribution in [2.45, 2.75) is 6.04 Å². The van der Waals surface area contributed by atoms with Crippen LogP contribution in [0, 0.1) is 11.3 Å². The molecule has 10 heteroatoms. The third kappa shape index (κ3) is 3.57. The van der Waals surface area contributed by atoms with Gasteiger partial charge < -0.3 is 14.8 Å². The summed E-state index contributed by atoms with van der Waals surface area (Å²) in [6, 6.07) is 7.51. The Hall–Kier alpha value is -4.49. The predicted molar refractivity (Wildman–Crippen MR) is 114 cm³/mol. The number of hydrogen-bond donors (Lipinski definition) is 1. The Morgan fingerprint density at radius 1 is 1.25 bits per heavy atom. The normalized spacial score (nSPS) is 13.3. The van der Waals surface area contributed by atoms with E-state index in [0.29, 0.717) is 41.6 Å². The van der Waals surface area contributed by atoms with Gasteiger partial charge in [0.05, 0.1) is 37.8 Å². The maximum Gasteiger partial charge on any atom is 0.248 e. The second-order valence-corrected chi connectivity index (χ2v) is 7.13. The van der Waals surface area contributed by atoms with Crippen LogP contribution in [0.3, 0.4) is 0 Å². The zero-order valence-corrected chi connectivity index (χ0v) is 16.8. The predicted octanol–water partition coefficient (Wildman–Crippen LogP) is 2.95. The summed E-state index contributed by atoms with van der Waals surface area (Å²) in [5.74, 6) is 0.900. The summed E-state index contributed by atoms with van der Waals surface area (Å²) in [4.78, 5) is 15.6. The standard InChI is InChI=1S/C22H17N7O3/c1-2-21(30)27-20-4-3-18(9-24-20)32-19-5-14(10-29-22(19)15(6-23)7-26-29)16-8-25-28(11-16)17-12-31-13-17/h2-5,7-11,17H,1,12-13H2,(H,24,27,30). The van der Waals surface area contributed by atoms with Gasteiger partial charge in [0.25, 0.3) is 0 Å². The highest BCUT2D eigenvalue weighted by Gasteiger charge is 2.22. The summed E-state index contributed by atoms with van der Waals surface area (Å²) in [6.07, 6.45) is 9.69. The maximum absolute atomic E-state index is 11.4. The number of aromatic nitrogens is 5.